The Balaban J connectivity index is 1.65. The number of hydrogen-bond acceptors (Lipinski definition) is 4. The van der Waals surface area contributed by atoms with Gasteiger partial charge in [-0.3, -0.25) is 4.98 Å². The maximum Gasteiger partial charge on any atom is 0.154 e. The molecule has 0 saturated carbocycles. The molecule has 126 valence electrons. The number of benzene rings is 2. The molecule has 0 fully saturated rings. The first kappa shape index (κ1) is 16.0. The van der Waals surface area contributed by atoms with Crippen LogP contribution in [0.4, 0.5) is 5.82 Å². The van der Waals surface area contributed by atoms with Gasteiger partial charge in [0, 0.05) is 24.3 Å². The van der Waals surface area contributed by atoms with E-state index < -0.39 is 0 Å². The van der Waals surface area contributed by atoms with Crippen molar-refractivity contribution in [2.24, 2.45) is 0 Å². The number of aromatic nitrogens is 3. The van der Waals surface area contributed by atoms with E-state index in [0.29, 0.717) is 12.4 Å². The van der Waals surface area contributed by atoms with Crippen LogP contribution in [0, 0.1) is 0 Å². The molecule has 0 atom stereocenters. The summed E-state index contributed by atoms with van der Waals surface area (Å²) in [4.78, 5) is 13.5. The van der Waals surface area contributed by atoms with Gasteiger partial charge in [0.05, 0.1) is 5.52 Å². The van der Waals surface area contributed by atoms with Crippen LogP contribution in [0.15, 0.2) is 79.1 Å². The van der Waals surface area contributed by atoms with Gasteiger partial charge in [-0.2, -0.15) is 0 Å². The van der Waals surface area contributed by atoms with E-state index in [9.17, 15) is 0 Å². The second kappa shape index (κ2) is 7.57. The lowest BCUT2D eigenvalue weighted by atomic mass is 10.2. The number of pyridine rings is 1. The fourth-order valence-corrected chi connectivity index (χ4v) is 2.73. The summed E-state index contributed by atoms with van der Waals surface area (Å²) in [6.45, 7) is 0.716. The average Bonchev–Trinajstić information content (AvgIpc) is 2.72. The Morgan fingerprint density at radius 3 is 2.50 bits per heavy atom. The Morgan fingerprint density at radius 1 is 0.808 bits per heavy atom. The molecule has 0 spiro atoms. The minimum Gasteiger partial charge on any atom is -0.365 e. The second-order valence-electron chi connectivity index (χ2n) is 5.91. The van der Waals surface area contributed by atoms with E-state index in [1.807, 2.05) is 72.9 Å². The molecular formula is C22H18N4. The van der Waals surface area contributed by atoms with Crippen LogP contribution >= 0.6 is 0 Å². The van der Waals surface area contributed by atoms with Crippen LogP contribution in [0.1, 0.15) is 17.0 Å². The zero-order valence-electron chi connectivity index (χ0n) is 14.2. The van der Waals surface area contributed by atoms with Crippen molar-refractivity contribution in [1.82, 2.24) is 15.0 Å². The van der Waals surface area contributed by atoms with E-state index in [1.165, 1.54) is 5.56 Å². The van der Waals surface area contributed by atoms with Crippen molar-refractivity contribution in [1.29, 1.82) is 0 Å². The molecule has 0 aliphatic carbocycles. The normalized spacial score (nSPS) is 11.1. The number of nitrogens with one attached hydrogen (secondary N) is 1. The van der Waals surface area contributed by atoms with E-state index >= 15 is 0 Å². The van der Waals surface area contributed by atoms with Crippen LogP contribution in [0.5, 0.6) is 0 Å². The van der Waals surface area contributed by atoms with Gasteiger partial charge in [-0.05, 0) is 41.5 Å². The first-order valence-electron chi connectivity index (χ1n) is 8.51. The molecule has 26 heavy (non-hydrogen) atoms. The molecule has 4 nitrogen and oxygen atoms in total. The van der Waals surface area contributed by atoms with Crippen LogP contribution in [0.2, 0.25) is 0 Å². The molecule has 0 saturated heterocycles. The van der Waals surface area contributed by atoms with Crippen molar-refractivity contribution < 1.29 is 0 Å². The molecule has 2 aromatic carbocycles. The highest BCUT2D eigenvalue weighted by atomic mass is 15.0. The minimum atomic E-state index is 0.670. The Labute approximate surface area is 152 Å². The summed E-state index contributed by atoms with van der Waals surface area (Å²) < 4.78 is 0. The van der Waals surface area contributed by atoms with Crippen molar-refractivity contribution in [3.8, 4) is 0 Å². The molecule has 0 aliphatic heterocycles. The molecule has 1 N–H and O–H groups in total. The lowest BCUT2D eigenvalue weighted by Gasteiger charge is -2.10. The lowest BCUT2D eigenvalue weighted by Crippen LogP contribution is -2.04. The fraction of sp³-hybridized carbons (Fsp3) is 0.0455. The SMILES string of the molecule is C(=C\c1nc(NCc2ccccc2)c2ccccc2n1)/c1cccnc1. The summed E-state index contributed by atoms with van der Waals surface area (Å²) in [5, 5.41) is 4.46. The summed E-state index contributed by atoms with van der Waals surface area (Å²) in [5.74, 6) is 1.51. The predicted molar refractivity (Wildman–Crippen MR) is 106 cm³/mol. The highest BCUT2D eigenvalue weighted by Crippen LogP contribution is 2.21. The molecule has 2 aromatic heterocycles. The summed E-state index contributed by atoms with van der Waals surface area (Å²) in [6, 6.07) is 22.2. The summed E-state index contributed by atoms with van der Waals surface area (Å²) in [7, 11) is 0. The standard InChI is InChI=1S/C22H18N4/c1-2-7-17(8-3-1)16-24-22-19-10-4-5-11-20(19)25-21(26-22)13-12-18-9-6-14-23-15-18/h1-15H,16H2,(H,24,25,26)/b13-12+. The monoisotopic (exact) mass is 338 g/mol. The molecule has 4 rings (SSSR count). The number of rotatable bonds is 5. The van der Waals surface area contributed by atoms with Gasteiger partial charge < -0.3 is 5.32 Å². The lowest BCUT2D eigenvalue weighted by molar-refractivity contribution is 1.09. The highest BCUT2D eigenvalue weighted by Gasteiger charge is 2.06. The van der Waals surface area contributed by atoms with Gasteiger partial charge >= 0.3 is 0 Å². The largest absolute Gasteiger partial charge is 0.365 e. The topological polar surface area (TPSA) is 50.7 Å². The summed E-state index contributed by atoms with van der Waals surface area (Å²) in [6.07, 6.45) is 7.46. The zero-order chi connectivity index (χ0) is 17.6. The molecule has 0 bridgehead atoms. The Morgan fingerprint density at radius 2 is 1.65 bits per heavy atom. The average molecular weight is 338 g/mol. The van der Waals surface area contributed by atoms with Crippen molar-refractivity contribution >= 4 is 28.9 Å². The van der Waals surface area contributed by atoms with Gasteiger partial charge in [0.25, 0.3) is 0 Å². The van der Waals surface area contributed by atoms with Gasteiger partial charge in [-0.15, -0.1) is 0 Å². The molecule has 0 aliphatic rings. The van der Waals surface area contributed by atoms with Crippen LogP contribution in [-0.2, 0) is 6.54 Å². The van der Waals surface area contributed by atoms with E-state index in [1.54, 1.807) is 6.20 Å². The molecule has 2 heterocycles. The summed E-state index contributed by atoms with van der Waals surface area (Å²) in [5.41, 5.74) is 3.15. The Bertz CT molecular complexity index is 1030. The highest BCUT2D eigenvalue weighted by molar-refractivity contribution is 5.90. The van der Waals surface area contributed by atoms with Crippen molar-refractivity contribution in [3.63, 3.8) is 0 Å². The third-order valence-corrected chi connectivity index (χ3v) is 4.03. The quantitative estimate of drug-likeness (QED) is 0.567. The Hall–Kier alpha value is -3.53. The zero-order valence-corrected chi connectivity index (χ0v) is 14.2. The van der Waals surface area contributed by atoms with E-state index in [0.717, 1.165) is 22.3 Å². The molecule has 4 heteroatoms. The number of hydrogen-bond donors (Lipinski definition) is 1. The van der Waals surface area contributed by atoms with Crippen LogP contribution in [-0.4, -0.2) is 15.0 Å². The van der Waals surface area contributed by atoms with E-state index in [4.69, 9.17) is 4.98 Å². The van der Waals surface area contributed by atoms with Crippen molar-refractivity contribution in [3.05, 3.63) is 96.1 Å². The first-order chi connectivity index (χ1) is 12.9. The third kappa shape index (κ3) is 3.75. The number of fused-ring (bicyclic) bond motifs is 1. The summed E-state index contributed by atoms with van der Waals surface area (Å²) >= 11 is 0. The number of anilines is 1. The maximum absolute atomic E-state index is 4.70. The van der Waals surface area contributed by atoms with Gasteiger partial charge in [-0.1, -0.05) is 48.5 Å². The van der Waals surface area contributed by atoms with Gasteiger partial charge in [-0.25, -0.2) is 9.97 Å². The molecule has 0 amide bonds. The number of para-hydroxylation sites is 1. The molecular weight excluding hydrogens is 320 g/mol. The predicted octanol–water partition coefficient (Wildman–Crippen LogP) is 4.81. The smallest absolute Gasteiger partial charge is 0.154 e. The Kier molecular flexibility index (Phi) is 4.65. The van der Waals surface area contributed by atoms with Crippen LogP contribution < -0.4 is 5.32 Å². The maximum atomic E-state index is 4.70. The van der Waals surface area contributed by atoms with Gasteiger partial charge in [0.1, 0.15) is 5.82 Å². The number of nitrogens with zero attached hydrogens (tertiary/aromatic N) is 3. The van der Waals surface area contributed by atoms with Crippen LogP contribution in [0.25, 0.3) is 23.1 Å². The van der Waals surface area contributed by atoms with Gasteiger partial charge in [0.15, 0.2) is 5.82 Å². The fourth-order valence-electron chi connectivity index (χ4n) is 2.73. The van der Waals surface area contributed by atoms with Gasteiger partial charge in [0.2, 0.25) is 0 Å². The van der Waals surface area contributed by atoms with Crippen molar-refractivity contribution in [2.45, 2.75) is 6.54 Å². The van der Waals surface area contributed by atoms with Crippen LogP contribution in [0.3, 0.4) is 0 Å². The molecule has 4 aromatic rings. The first-order valence-corrected chi connectivity index (χ1v) is 8.51. The van der Waals surface area contributed by atoms with Crippen molar-refractivity contribution in [2.75, 3.05) is 5.32 Å². The minimum absolute atomic E-state index is 0.670. The van der Waals surface area contributed by atoms with E-state index in [-0.39, 0.29) is 0 Å². The second-order valence-corrected chi connectivity index (χ2v) is 5.91. The van der Waals surface area contributed by atoms with E-state index in [2.05, 4.69) is 27.4 Å². The molecule has 0 unspecified atom stereocenters. The molecule has 0 radical (unpaired) electrons. The third-order valence-electron chi connectivity index (χ3n) is 4.03.